The fraction of sp³-hybridized carbons (Fsp3) is 0. The van der Waals surface area contributed by atoms with Gasteiger partial charge in [-0.1, -0.05) is 47.5 Å². The summed E-state index contributed by atoms with van der Waals surface area (Å²) in [7, 11) is 0. The summed E-state index contributed by atoms with van der Waals surface area (Å²) < 4.78 is 0. The van der Waals surface area contributed by atoms with Crippen LogP contribution in [0.1, 0.15) is 15.9 Å². The molecule has 3 aromatic rings. The zero-order valence-electron chi connectivity index (χ0n) is 11.5. The summed E-state index contributed by atoms with van der Waals surface area (Å²) in [6.45, 7) is 0. The van der Waals surface area contributed by atoms with Gasteiger partial charge in [-0.25, -0.2) is 0 Å². The Morgan fingerprint density at radius 3 is 2.64 bits per heavy atom. The van der Waals surface area contributed by atoms with Crippen LogP contribution >= 0.6 is 23.2 Å². The standard InChI is InChI=1S/C18H11Cl2NO/c19-15-7-5-13(11-16(15)20)18(22)8-6-12-9-10-21-17-4-2-1-3-14(12)17/h1-11H/b8-6+. The Kier molecular flexibility index (Phi) is 4.23. The van der Waals surface area contributed by atoms with Crippen molar-refractivity contribution in [2.75, 3.05) is 0 Å². The molecule has 108 valence electrons. The lowest BCUT2D eigenvalue weighted by Gasteiger charge is -2.01. The van der Waals surface area contributed by atoms with Gasteiger partial charge >= 0.3 is 0 Å². The molecule has 0 amide bonds. The first-order valence-electron chi connectivity index (χ1n) is 6.66. The Morgan fingerprint density at radius 1 is 1.00 bits per heavy atom. The van der Waals surface area contributed by atoms with E-state index in [1.54, 1.807) is 30.5 Å². The summed E-state index contributed by atoms with van der Waals surface area (Å²) in [5.41, 5.74) is 2.34. The van der Waals surface area contributed by atoms with Gasteiger partial charge in [-0.05, 0) is 42.0 Å². The van der Waals surface area contributed by atoms with Crippen molar-refractivity contribution >= 4 is 46.0 Å². The fourth-order valence-electron chi connectivity index (χ4n) is 2.17. The van der Waals surface area contributed by atoms with Crippen LogP contribution in [0.2, 0.25) is 10.0 Å². The second-order valence-electron chi connectivity index (χ2n) is 4.74. The molecule has 0 saturated carbocycles. The smallest absolute Gasteiger partial charge is 0.185 e. The lowest BCUT2D eigenvalue weighted by molar-refractivity contribution is 0.104. The first-order valence-corrected chi connectivity index (χ1v) is 7.42. The molecular weight excluding hydrogens is 317 g/mol. The van der Waals surface area contributed by atoms with Gasteiger partial charge in [-0.3, -0.25) is 9.78 Å². The van der Waals surface area contributed by atoms with E-state index in [9.17, 15) is 4.79 Å². The van der Waals surface area contributed by atoms with Crippen LogP contribution in [0.3, 0.4) is 0 Å². The number of aromatic nitrogens is 1. The number of halogens is 2. The maximum absolute atomic E-state index is 12.2. The van der Waals surface area contributed by atoms with Crippen molar-refractivity contribution in [1.82, 2.24) is 4.98 Å². The zero-order chi connectivity index (χ0) is 15.5. The van der Waals surface area contributed by atoms with Crippen molar-refractivity contribution in [3.63, 3.8) is 0 Å². The largest absolute Gasteiger partial charge is 0.289 e. The Balaban J connectivity index is 1.92. The summed E-state index contributed by atoms with van der Waals surface area (Å²) in [6.07, 6.45) is 5.04. The lowest BCUT2D eigenvalue weighted by Crippen LogP contribution is -1.94. The van der Waals surface area contributed by atoms with Crippen LogP contribution in [-0.4, -0.2) is 10.8 Å². The van der Waals surface area contributed by atoms with Crippen LogP contribution in [-0.2, 0) is 0 Å². The molecule has 0 N–H and O–H groups in total. The van der Waals surface area contributed by atoms with Gasteiger partial charge in [0.05, 0.1) is 15.6 Å². The Morgan fingerprint density at radius 2 is 1.82 bits per heavy atom. The van der Waals surface area contributed by atoms with E-state index in [1.165, 1.54) is 6.08 Å². The second kappa shape index (κ2) is 6.30. The monoisotopic (exact) mass is 327 g/mol. The van der Waals surface area contributed by atoms with E-state index in [4.69, 9.17) is 23.2 Å². The number of nitrogens with zero attached hydrogens (tertiary/aromatic N) is 1. The number of para-hydroxylation sites is 1. The van der Waals surface area contributed by atoms with Gasteiger partial charge < -0.3 is 0 Å². The molecule has 1 heterocycles. The molecule has 22 heavy (non-hydrogen) atoms. The number of hydrogen-bond donors (Lipinski definition) is 0. The molecule has 0 bridgehead atoms. The van der Waals surface area contributed by atoms with Crippen LogP contribution in [0.4, 0.5) is 0 Å². The van der Waals surface area contributed by atoms with E-state index < -0.39 is 0 Å². The summed E-state index contributed by atoms with van der Waals surface area (Å²) >= 11 is 11.8. The minimum absolute atomic E-state index is 0.125. The van der Waals surface area contributed by atoms with Crippen molar-refractivity contribution in [3.05, 3.63) is 82.0 Å². The first-order chi connectivity index (χ1) is 10.6. The molecular formula is C18H11Cl2NO. The van der Waals surface area contributed by atoms with Crippen LogP contribution in [0.15, 0.2) is 60.8 Å². The SMILES string of the molecule is O=C(/C=C/c1ccnc2ccccc12)c1ccc(Cl)c(Cl)c1. The highest BCUT2D eigenvalue weighted by Gasteiger charge is 2.05. The molecule has 0 atom stereocenters. The van der Waals surface area contributed by atoms with Gasteiger partial charge in [0.1, 0.15) is 0 Å². The predicted molar refractivity (Wildman–Crippen MR) is 91.6 cm³/mol. The predicted octanol–water partition coefficient (Wildman–Crippen LogP) is 5.44. The molecule has 3 rings (SSSR count). The number of carbonyl (C=O) groups is 1. The summed E-state index contributed by atoms with van der Waals surface area (Å²) in [5, 5.41) is 1.81. The zero-order valence-corrected chi connectivity index (χ0v) is 13.0. The molecule has 1 aromatic heterocycles. The highest BCUT2D eigenvalue weighted by molar-refractivity contribution is 6.42. The quantitative estimate of drug-likeness (QED) is 0.473. The maximum Gasteiger partial charge on any atom is 0.185 e. The van der Waals surface area contributed by atoms with Gasteiger partial charge in [0, 0.05) is 17.1 Å². The molecule has 2 nitrogen and oxygen atoms in total. The third kappa shape index (κ3) is 3.03. The third-order valence-electron chi connectivity index (χ3n) is 3.30. The summed E-state index contributed by atoms with van der Waals surface area (Å²) in [4.78, 5) is 16.5. The molecule has 0 radical (unpaired) electrons. The Labute approximate surface area is 138 Å². The molecule has 0 aliphatic carbocycles. The molecule has 0 aliphatic rings. The topological polar surface area (TPSA) is 30.0 Å². The van der Waals surface area contributed by atoms with E-state index in [0.29, 0.717) is 15.6 Å². The number of hydrogen-bond acceptors (Lipinski definition) is 2. The van der Waals surface area contributed by atoms with Gasteiger partial charge in [-0.2, -0.15) is 0 Å². The van der Waals surface area contributed by atoms with E-state index in [1.807, 2.05) is 30.3 Å². The number of benzene rings is 2. The molecule has 4 heteroatoms. The van der Waals surface area contributed by atoms with E-state index in [2.05, 4.69) is 4.98 Å². The normalized spacial score (nSPS) is 11.2. The van der Waals surface area contributed by atoms with Crippen LogP contribution in [0.25, 0.3) is 17.0 Å². The minimum Gasteiger partial charge on any atom is -0.289 e. The minimum atomic E-state index is -0.125. The molecule has 0 unspecified atom stereocenters. The number of allylic oxidation sites excluding steroid dienone is 1. The fourth-order valence-corrected chi connectivity index (χ4v) is 2.47. The van der Waals surface area contributed by atoms with Crippen molar-refractivity contribution in [2.24, 2.45) is 0 Å². The molecule has 0 fully saturated rings. The Hall–Kier alpha value is -2.16. The molecule has 2 aromatic carbocycles. The number of rotatable bonds is 3. The number of pyridine rings is 1. The summed E-state index contributed by atoms with van der Waals surface area (Å²) in [6, 6.07) is 14.5. The average Bonchev–Trinajstić information content (AvgIpc) is 2.55. The van der Waals surface area contributed by atoms with Crippen LogP contribution in [0.5, 0.6) is 0 Å². The van der Waals surface area contributed by atoms with Gasteiger partial charge in [-0.15, -0.1) is 0 Å². The van der Waals surface area contributed by atoms with Crippen molar-refractivity contribution in [2.45, 2.75) is 0 Å². The van der Waals surface area contributed by atoms with Crippen molar-refractivity contribution in [1.29, 1.82) is 0 Å². The molecule has 0 aliphatic heterocycles. The van der Waals surface area contributed by atoms with Crippen LogP contribution in [0, 0.1) is 0 Å². The van der Waals surface area contributed by atoms with E-state index in [0.717, 1.165) is 16.5 Å². The lowest BCUT2D eigenvalue weighted by atomic mass is 10.1. The van der Waals surface area contributed by atoms with Gasteiger partial charge in [0.15, 0.2) is 5.78 Å². The van der Waals surface area contributed by atoms with Crippen molar-refractivity contribution in [3.8, 4) is 0 Å². The third-order valence-corrected chi connectivity index (χ3v) is 4.04. The first kappa shape index (κ1) is 14.8. The molecule has 0 saturated heterocycles. The average molecular weight is 328 g/mol. The Bertz CT molecular complexity index is 882. The van der Waals surface area contributed by atoms with E-state index >= 15 is 0 Å². The van der Waals surface area contributed by atoms with Crippen molar-refractivity contribution < 1.29 is 4.79 Å². The molecule has 0 spiro atoms. The highest BCUT2D eigenvalue weighted by atomic mass is 35.5. The van der Waals surface area contributed by atoms with E-state index in [-0.39, 0.29) is 5.78 Å². The summed E-state index contributed by atoms with van der Waals surface area (Å²) in [5.74, 6) is -0.125. The van der Waals surface area contributed by atoms with Crippen LogP contribution < -0.4 is 0 Å². The second-order valence-corrected chi connectivity index (χ2v) is 5.56. The van der Waals surface area contributed by atoms with Gasteiger partial charge in [0.25, 0.3) is 0 Å². The van der Waals surface area contributed by atoms with Gasteiger partial charge in [0.2, 0.25) is 0 Å². The number of carbonyl (C=O) groups excluding carboxylic acids is 1. The number of fused-ring (bicyclic) bond motifs is 1. The number of ketones is 1. The highest BCUT2D eigenvalue weighted by Crippen LogP contribution is 2.23. The maximum atomic E-state index is 12.2.